The molecule has 19 heavy (non-hydrogen) atoms. The van der Waals surface area contributed by atoms with Gasteiger partial charge in [0.15, 0.2) is 0 Å². The van der Waals surface area contributed by atoms with Crippen molar-refractivity contribution in [3.05, 3.63) is 35.1 Å². The predicted molar refractivity (Wildman–Crippen MR) is 68.5 cm³/mol. The second kappa shape index (κ2) is 7.67. The van der Waals surface area contributed by atoms with Crippen molar-refractivity contribution in [2.45, 2.75) is 31.5 Å². The third-order valence-corrected chi connectivity index (χ3v) is 2.64. The second-order valence-electron chi connectivity index (χ2n) is 4.16. The van der Waals surface area contributed by atoms with E-state index in [0.717, 1.165) is 18.6 Å². The minimum absolute atomic E-state index is 0. The number of hydrogen-bond donors (Lipinski definition) is 2. The summed E-state index contributed by atoms with van der Waals surface area (Å²) in [6.07, 6.45) is -2.63. The average Bonchev–Trinajstić information content (AvgIpc) is 2.27. The van der Waals surface area contributed by atoms with Crippen LogP contribution >= 0.6 is 12.4 Å². The molecule has 0 spiro atoms. The predicted octanol–water partition coefficient (Wildman–Crippen LogP) is 3.40. The summed E-state index contributed by atoms with van der Waals surface area (Å²) in [5.41, 5.74) is 10.2. The van der Waals surface area contributed by atoms with E-state index in [2.05, 4.69) is 0 Å². The highest BCUT2D eigenvalue weighted by atomic mass is 35.5. The molecule has 0 radical (unpaired) electrons. The van der Waals surface area contributed by atoms with Crippen LogP contribution in [0.1, 0.15) is 36.4 Å². The number of halogens is 5. The van der Waals surface area contributed by atoms with Crippen LogP contribution in [0.25, 0.3) is 0 Å². The van der Waals surface area contributed by atoms with Gasteiger partial charge >= 0.3 is 6.18 Å². The normalized spacial score (nSPS) is 12.9. The molecule has 0 aliphatic heterocycles. The van der Waals surface area contributed by atoms with E-state index in [-0.39, 0.29) is 18.0 Å². The van der Waals surface area contributed by atoms with Crippen LogP contribution in [0.2, 0.25) is 0 Å². The van der Waals surface area contributed by atoms with E-state index in [1.165, 1.54) is 0 Å². The molecule has 0 saturated heterocycles. The topological polar surface area (TPSA) is 52.0 Å². The van der Waals surface area contributed by atoms with E-state index < -0.39 is 23.6 Å². The van der Waals surface area contributed by atoms with E-state index in [0.29, 0.717) is 25.5 Å². The first-order chi connectivity index (χ1) is 8.34. The highest BCUT2D eigenvalue weighted by Gasteiger charge is 2.31. The Morgan fingerprint density at radius 1 is 1.11 bits per heavy atom. The summed E-state index contributed by atoms with van der Waals surface area (Å²) in [6.45, 7) is 0.504. The Bertz CT molecular complexity index is 396. The summed E-state index contributed by atoms with van der Waals surface area (Å²) >= 11 is 0. The maximum absolute atomic E-state index is 13.1. The standard InChI is InChI=1S/C12H16F4N2.ClH/c13-10-6-8(11(18)3-1-2-4-17)5-9(7-10)12(14,15)16;/h5-7,11H,1-4,17-18H2;1H/t11-;/m0./s1. The Morgan fingerprint density at radius 2 is 1.74 bits per heavy atom. The molecular formula is C12H17ClF4N2. The molecule has 0 amide bonds. The summed E-state index contributed by atoms with van der Waals surface area (Å²) < 4.78 is 50.6. The van der Waals surface area contributed by atoms with Crippen LogP contribution in [-0.4, -0.2) is 6.54 Å². The number of nitrogens with two attached hydrogens (primary N) is 2. The van der Waals surface area contributed by atoms with Gasteiger partial charge < -0.3 is 11.5 Å². The fourth-order valence-electron chi connectivity index (χ4n) is 1.67. The van der Waals surface area contributed by atoms with Gasteiger partial charge in [-0.25, -0.2) is 4.39 Å². The zero-order valence-corrected chi connectivity index (χ0v) is 11.0. The van der Waals surface area contributed by atoms with Gasteiger partial charge in [0, 0.05) is 6.04 Å². The van der Waals surface area contributed by atoms with Crippen LogP contribution in [0.5, 0.6) is 0 Å². The molecule has 110 valence electrons. The van der Waals surface area contributed by atoms with Crippen LogP contribution in [0.3, 0.4) is 0 Å². The first kappa shape index (κ1) is 18.1. The molecular weight excluding hydrogens is 284 g/mol. The molecule has 0 unspecified atom stereocenters. The van der Waals surface area contributed by atoms with Gasteiger partial charge in [-0.2, -0.15) is 13.2 Å². The van der Waals surface area contributed by atoms with Crippen LogP contribution in [0.4, 0.5) is 17.6 Å². The molecule has 1 aromatic carbocycles. The molecule has 0 fully saturated rings. The number of benzene rings is 1. The minimum Gasteiger partial charge on any atom is -0.330 e. The Labute approximate surface area is 115 Å². The molecule has 0 saturated carbocycles. The lowest BCUT2D eigenvalue weighted by atomic mass is 9.99. The Kier molecular flexibility index (Phi) is 7.33. The molecule has 7 heteroatoms. The molecule has 1 rings (SSSR count). The first-order valence-electron chi connectivity index (χ1n) is 5.68. The monoisotopic (exact) mass is 300 g/mol. The van der Waals surface area contributed by atoms with E-state index in [9.17, 15) is 17.6 Å². The first-order valence-corrected chi connectivity index (χ1v) is 5.68. The minimum atomic E-state index is -4.56. The quantitative estimate of drug-likeness (QED) is 0.647. The van der Waals surface area contributed by atoms with Gasteiger partial charge in [-0.3, -0.25) is 0 Å². The lowest BCUT2D eigenvalue weighted by Gasteiger charge is -2.14. The summed E-state index contributed by atoms with van der Waals surface area (Å²) in [4.78, 5) is 0. The van der Waals surface area contributed by atoms with Crippen LogP contribution in [-0.2, 0) is 6.18 Å². The number of hydrogen-bond acceptors (Lipinski definition) is 2. The largest absolute Gasteiger partial charge is 0.416 e. The van der Waals surface area contributed by atoms with Gasteiger partial charge in [0.2, 0.25) is 0 Å². The summed E-state index contributed by atoms with van der Waals surface area (Å²) in [7, 11) is 0. The van der Waals surface area contributed by atoms with Crippen molar-refractivity contribution in [3.8, 4) is 0 Å². The molecule has 2 nitrogen and oxygen atoms in total. The maximum Gasteiger partial charge on any atom is 0.416 e. The van der Waals surface area contributed by atoms with E-state index in [1.54, 1.807) is 0 Å². The van der Waals surface area contributed by atoms with E-state index in [1.807, 2.05) is 0 Å². The third kappa shape index (κ3) is 5.76. The highest BCUT2D eigenvalue weighted by Crippen LogP contribution is 2.32. The van der Waals surface area contributed by atoms with Gasteiger partial charge in [0.05, 0.1) is 5.56 Å². The van der Waals surface area contributed by atoms with E-state index >= 15 is 0 Å². The molecule has 4 N–H and O–H groups in total. The zero-order valence-electron chi connectivity index (χ0n) is 10.2. The van der Waals surface area contributed by atoms with Crippen LogP contribution in [0.15, 0.2) is 18.2 Å². The van der Waals surface area contributed by atoms with Crippen LogP contribution < -0.4 is 11.5 Å². The molecule has 1 atom stereocenters. The van der Waals surface area contributed by atoms with Crippen molar-refractivity contribution >= 4 is 12.4 Å². The molecule has 1 aromatic rings. The lowest BCUT2D eigenvalue weighted by Crippen LogP contribution is -2.14. The van der Waals surface area contributed by atoms with Gasteiger partial charge in [0.1, 0.15) is 5.82 Å². The SMILES string of the molecule is Cl.NCCCC[C@H](N)c1cc(F)cc(C(F)(F)F)c1. The molecule has 0 aliphatic rings. The number of rotatable bonds is 5. The number of alkyl halides is 3. The lowest BCUT2D eigenvalue weighted by molar-refractivity contribution is -0.137. The third-order valence-electron chi connectivity index (χ3n) is 2.64. The Morgan fingerprint density at radius 3 is 2.26 bits per heavy atom. The Balaban J connectivity index is 0.00000324. The molecule has 0 aliphatic carbocycles. The van der Waals surface area contributed by atoms with Crippen molar-refractivity contribution in [3.63, 3.8) is 0 Å². The van der Waals surface area contributed by atoms with Gasteiger partial charge in [-0.1, -0.05) is 6.42 Å². The number of unbranched alkanes of at least 4 members (excludes halogenated alkanes) is 1. The van der Waals surface area contributed by atoms with Crippen molar-refractivity contribution in [2.24, 2.45) is 11.5 Å². The summed E-state index contributed by atoms with van der Waals surface area (Å²) in [5, 5.41) is 0. The second-order valence-corrected chi connectivity index (χ2v) is 4.16. The fraction of sp³-hybridized carbons (Fsp3) is 0.500. The summed E-state index contributed by atoms with van der Waals surface area (Å²) in [5.74, 6) is -0.922. The van der Waals surface area contributed by atoms with Gasteiger partial charge in [-0.05, 0) is 43.1 Å². The van der Waals surface area contributed by atoms with E-state index in [4.69, 9.17) is 11.5 Å². The highest BCUT2D eigenvalue weighted by molar-refractivity contribution is 5.85. The molecule has 0 aromatic heterocycles. The molecule has 0 heterocycles. The molecule has 0 bridgehead atoms. The Hall–Kier alpha value is -0.850. The van der Waals surface area contributed by atoms with Crippen molar-refractivity contribution in [1.82, 2.24) is 0 Å². The van der Waals surface area contributed by atoms with Crippen molar-refractivity contribution in [2.75, 3.05) is 6.54 Å². The fourth-order valence-corrected chi connectivity index (χ4v) is 1.67. The maximum atomic E-state index is 13.1. The van der Waals surface area contributed by atoms with Gasteiger partial charge in [-0.15, -0.1) is 12.4 Å². The smallest absolute Gasteiger partial charge is 0.330 e. The summed E-state index contributed by atoms with van der Waals surface area (Å²) in [6, 6.07) is 1.81. The van der Waals surface area contributed by atoms with Crippen molar-refractivity contribution < 1.29 is 17.6 Å². The average molecular weight is 301 g/mol. The van der Waals surface area contributed by atoms with Gasteiger partial charge in [0.25, 0.3) is 0 Å². The van der Waals surface area contributed by atoms with Crippen LogP contribution in [0, 0.1) is 5.82 Å². The van der Waals surface area contributed by atoms with Crippen molar-refractivity contribution in [1.29, 1.82) is 0 Å². The zero-order chi connectivity index (χ0) is 13.8.